The molecule has 1 N–H and O–H groups in total. The van der Waals surface area contributed by atoms with Crippen molar-refractivity contribution < 1.29 is 19.4 Å². The molecule has 0 spiro atoms. The van der Waals surface area contributed by atoms with Gasteiger partial charge in [0.1, 0.15) is 17.6 Å². The number of benzene rings is 2. The van der Waals surface area contributed by atoms with Crippen LogP contribution in [0.1, 0.15) is 52.9 Å². The summed E-state index contributed by atoms with van der Waals surface area (Å²) in [6, 6.07) is 12.7. The molecule has 1 saturated heterocycles. The number of aliphatic hydroxyl groups is 1. The Balaban J connectivity index is 1.70. The summed E-state index contributed by atoms with van der Waals surface area (Å²) in [6.45, 7) is 7.96. The molecule has 0 saturated carbocycles. The number of thiazole rings is 1. The fourth-order valence-electron chi connectivity index (χ4n) is 4.55. The number of aliphatic hydroxyl groups excluding tert-OH is 1. The zero-order chi connectivity index (χ0) is 25.7. The van der Waals surface area contributed by atoms with Crippen molar-refractivity contribution in [2.24, 2.45) is 0 Å². The van der Waals surface area contributed by atoms with Gasteiger partial charge in [0, 0.05) is 10.4 Å². The molecule has 8 heteroatoms. The largest absolute Gasteiger partial charge is 0.507 e. The molecule has 1 aliphatic heterocycles. The molecule has 0 radical (unpaired) electrons. The van der Waals surface area contributed by atoms with E-state index in [1.807, 2.05) is 49.6 Å². The molecule has 184 valence electrons. The first-order chi connectivity index (χ1) is 17.2. The predicted molar refractivity (Wildman–Crippen MR) is 145 cm³/mol. The molecular formula is C28H26N2O4S2. The molecular weight excluding hydrogens is 492 g/mol. The smallest absolute Gasteiger partial charge is 0.301 e. The summed E-state index contributed by atoms with van der Waals surface area (Å²) in [6.07, 6.45) is 0. The normalized spacial score (nSPS) is 17.5. The Labute approximate surface area is 217 Å². The molecule has 5 rings (SSSR count). The fraction of sp³-hybridized carbons (Fsp3) is 0.250. The Bertz CT molecular complexity index is 1530. The molecule has 6 nitrogen and oxygen atoms in total. The van der Waals surface area contributed by atoms with Crippen LogP contribution >= 0.6 is 22.7 Å². The van der Waals surface area contributed by atoms with Crippen LogP contribution in [0.5, 0.6) is 5.75 Å². The Morgan fingerprint density at radius 3 is 2.56 bits per heavy atom. The second kappa shape index (κ2) is 9.19. The van der Waals surface area contributed by atoms with E-state index in [1.54, 1.807) is 13.2 Å². The average Bonchev–Trinajstić information content (AvgIpc) is 3.58. The van der Waals surface area contributed by atoms with E-state index < -0.39 is 17.7 Å². The summed E-state index contributed by atoms with van der Waals surface area (Å²) in [5.41, 5.74) is 4.08. The summed E-state index contributed by atoms with van der Waals surface area (Å²) in [4.78, 5) is 33.8. The van der Waals surface area contributed by atoms with E-state index in [1.165, 1.54) is 33.1 Å². The van der Waals surface area contributed by atoms with Crippen LogP contribution in [0.15, 0.2) is 53.4 Å². The van der Waals surface area contributed by atoms with Crippen LogP contribution in [0, 0.1) is 13.8 Å². The minimum absolute atomic E-state index is 0.0669. The van der Waals surface area contributed by atoms with Crippen LogP contribution in [0.25, 0.3) is 16.0 Å². The lowest BCUT2D eigenvalue weighted by Gasteiger charge is -2.21. The highest BCUT2D eigenvalue weighted by molar-refractivity contribution is 7.22. The summed E-state index contributed by atoms with van der Waals surface area (Å²) in [7, 11) is 1.59. The number of methoxy groups -OCH3 is 1. The van der Waals surface area contributed by atoms with Gasteiger partial charge in [0.15, 0.2) is 5.13 Å². The molecule has 0 bridgehead atoms. The Hall–Kier alpha value is -3.49. The lowest BCUT2D eigenvalue weighted by molar-refractivity contribution is -0.132. The fourth-order valence-corrected chi connectivity index (χ4v) is 6.41. The second-order valence-electron chi connectivity index (χ2n) is 9.20. The third-order valence-electron chi connectivity index (χ3n) is 6.53. The topological polar surface area (TPSA) is 79.7 Å². The van der Waals surface area contributed by atoms with E-state index in [0.717, 1.165) is 26.2 Å². The molecule has 2 aromatic carbocycles. The Morgan fingerprint density at radius 1 is 1.11 bits per heavy atom. The lowest BCUT2D eigenvalue weighted by Crippen LogP contribution is -2.28. The molecule has 1 atom stereocenters. The van der Waals surface area contributed by atoms with E-state index in [0.29, 0.717) is 22.4 Å². The number of anilines is 1. The summed E-state index contributed by atoms with van der Waals surface area (Å²) in [5.74, 6) is -0.561. The first-order valence-corrected chi connectivity index (χ1v) is 13.3. The van der Waals surface area contributed by atoms with Crippen molar-refractivity contribution >= 4 is 55.5 Å². The summed E-state index contributed by atoms with van der Waals surface area (Å²) >= 11 is 2.81. The van der Waals surface area contributed by atoms with E-state index in [4.69, 9.17) is 9.72 Å². The zero-order valence-corrected chi connectivity index (χ0v) is 22.3. The van der Waals surface area contributed by atoms with E-state index in [-0.39, 0.29) is 11.3 Å². The Morgan fingerprint density at radius 2 is 1.89 bits per heavy atom. The number of carbonyl (C=O) groups is 2. The van der Waals surface area contributed by atoms with Gasteiger partial charge in [-0.3, -0.25) is 14.5 Å². The maximum atomic E-state index is 13.4. The maximum absolute atomic E-state index is 13.4. The van der Waals surface area contributed by atoms with E-state index in [9.17, 15) is 14.7 Å². The number of fused-ring (bicyclic) bond motifs is 1. The summed E-state index contributed by atoms with van der Waals surface area (Å²) < 4.78 is 6.35. The van der Waals surface area contributed by atoms with Crippen molar-refractivity contribution in [3.63, 3.8) is 0 Å². The van der Waals surface area contributed by atoms with Gasteiger partial charge in [-0.2, -0.15) is 0 Å². The van der Waals surface area contributed by atoms with Crippen LogP contribution in [-0.4, -0.2) is 28.9 Å². The van der Waals surface area contributed by atoms with Crippen molar-refractivity contribution in [2.75, 3.05) is 12.0 Å². The molecule has 36 heavy (non-hydrogen) atoms. The number of hydrogen-bond donors (Lipinski definition) is 1. The molecule has 1 unspecified atom stereocenters. The molecule has 3 heterocycles. The van der Waals surface area contributed by atoms with E-state index in [2.05, 4.69) is 19.9 Å². The third kappa shape index (κ3) is 3.90. The van der Waals surface area contributed by atoms with Gasteiger partial charge in [-0.25, -0.2) is 4.98 Å². The highest BCUT2D eigenvalue weighted by Gasteiger charge is 2.48. The van der Waals surface area contributed by atoms with Gasteiger partial charge >= 0.3 is 5.91 Å². The van der Waals surface area contributed by atoms with Gasteiger partial charge in [-0.15, -0.1) is 11.3 Å². The number of hydrogen-bond acceptors (Lipinski definition) is 7. The van der Waals surface area contributed by atoms with Crippen LogP contribution in [0.3, 0.4) is 0 Å². The molecule has 2 aromatic heterocycles. The number of carbonyl (C=O) groups excluding carboxylic acids is 2. The molecule has 1 aliphatic rings. The van der Waals surface area contributed by atoms with Gasteiger partial charge in [-0.05, 0) is 72.2 Å². The van der Waals surface area contributed by atoms with Crippen molar-refractivity contribution in [1.82, 2.24) is 4.98 Å². The highest BCUT2D eigenvalue weighted by Crippen LogP contribution is 2.46. The molecule has 4 aromatic rings. The number of Topliss-reactive ketones (excluding diaryl/α,β-unsaturated/α-hetero) is 1. The number of thiophene rings is 1. The molecule has 1 amide bonds. The van der Waals surface area contributed by atoms with E-state index >= 15 is 0 Å². The lowest BCUT2D eigenvalue weighted by atomic mass is 9.96. The van der Waals surface area contributed by atoms with Gasteiger partial charge in [-0.1, -0.05) is 37.3 Å². The van der Waals surface area contributed by atoms with Crippen molar-refractivity contribution in [2.45, 2.75) is 39.7 Å². The highest BCUT2D eigenvalue weighted by atomic mass is 32.1. The zero-order valence-electron chi connectivity index (χ0n) is 20.7. The van der Waals surface area contributed by atoms with Crippen LogP contribution in [0.2, 0.25) is 0 Å². The summed E-state index contributed by atoms with van der Waals surface area (Å²) in [5, 5.41) is 13.8. The number of nitrogens with zero attached hydrogens (tertiary/aromatic N) is 2. The number of ether oxygens (including phenoxy) is 1. The maximum Gasteiger partial charge on any atom is 0.301 e. The second-order valence-corrected chi connectivity index (χ2v) is 11.2. The number of ketones is 1. The number of amides is 1. The first kappa shape index (κ1) is 24.2. The molecule has 0 aliphatic carbocycles. The van der Waals surface area contributed by atoms with Crippen molar-refractivity contribution in [3.8, 4) is 5.75 Å². The third-order valence-corrected chi connectivity index (χ3v) is 8.47. The van der Waals surface area contributed by atoms with Gasteiger partial charge in [0.05, 0.1) is 22.9 Å². The average molecular weight is 519 g/mol. The van der Waals surface area contributed by atoms with Crippen LogP contribution in [-0.2, 0) is 9.59 Å². The van der Waals surface area contributed by atoms with Gasteiger partial charge in [0.25, 0.3) is 5.78 Å². The van der Waals surface area contributed by atoms with Gasteiger partial charge < -0.3 is 9.84 Å². The SMILES string of the molecule is COc1cc(C)c(/C(O)=C2\C(=O)C(=O)N(c3nc4ccc(C(C)C)cc4s3)C2c2cccs2)cc1C. The van der Waals surface area contributed by atoms with Crippen LogP contribution < -0.4 is 9.64 Å². The Kier molecular flexibility index (Phi) is 6.18. The van der Waals surface area contributed by atoms with Crippen molar-refractivity contribution in [1.29, 1.82) is 0 Å². The predicted octanol–water partition coefficient (Wildman–Crippen LogP) is 6.73. The van der Waals surface area contributed by atoms with Gasteiger partial charge in [0.2, 0.25) is 0 Å². The number of aryl methyl sites for hydroxylation is 2. The number of aromatic nitrogens is 1. The minimum Gasteiger partial charge on any atom is -0.507 e. The molecule has 1 fully saturated rings. The monoisotopic (exact) mass is 518 g/mol. The minimum atomic E-state index is -0.767. The quantitative estimate of drug-likeness (QED) is 0.180. The van der Waals surface area contributed by atoms with Crippen LogP contribution in [0.4, 0.5) is 5.13 Å². The standard InChI is InChI=1S/C28H26N2O4S2/c1-14(2)17-8-9-19-22(13-17)36-28(29-19)30-24(21-7-6-10-35-21)23(26(32)27(30)33)25(31)18-11-16(4)20(34-5)12-15(18)3/h6-14,24,31H,1-5H3/b25-23+. The van der Waals surface area contributed by atoms with Crippen molar-refractivity contribution in [3.05, 3.63) is 80.5 Å². The number of rotatable bonds is 5. The first-order valence-electron chi connectivity index (χ1n) is 11.6.